The summed E-state index contributed by atoms with van der Waals surface area (Å²) in [7, 11) is -3.78. The van der Waals surface area contributed by atoms with Gasteiger partial charge in [-0.3, -0.25) is 9.52 Å². The van der Waals surface area contributed by atoms with E-state index in [2.05, 4.69) is 32.6 Å². The summed E-state index contributed by atoms with van der Waals surface area (Å²) in [4.78, 5) is 12.4. The highest BCUT2D eigenvalue weighted by atomic mass is 127. The molecule has 0 spiro atoms. The second kappa shape index (κ2) is 8.50. The first-order chi connectivity index (χ1) is 13.3. The molecule has 5 nitrogen and oxygen atoms in total. The molecule has 0 unspecified atom stereocenters. The summed E-state index contributed by atoms with van der Waals surface area (Å²) in [6.07, 6.45) is 0. The molecule has 0 saturated carbocycles. The highest BCUT2D eigenvalue weighted by molar-refractivity contribution is 14.1. The number of carbonyl (C=O) groups excluding carboxylic acids is 1. The van der Waals surface area contributed by atoms with Crippen LogP contribution in [0.4, 0.5) is 11.4 Å². The summed E-state index contributed by atoms with van der Waals surface area (Å²) in [6.45, 7) is 1.74. The molecule has 28 heavy (non-hydrogen) atoms. The molecule has 0 aliphatic heterocycles. The normalized spacial score (nSPS) is 11.1. The van der Waals surface area contributed by atoms with Crippen molar-refractivity contribution in [3.05, 3.63) is 86.4 Å². The van der Waals surface area contributed by atoms with Crippen molar-refractivity contribution < 1.29 is 13.2 Å². The van der Waals surface area contributed by atoms with Crippen LogP contribution in [-0.2, 0) is 10.0 Å². The van der Waals surface area contributed by atoms with E-state index in [1.807, 2.05) is 6.07 Å². The zero-order valence-electron chi connectivity index (χ0n) is 14.7. The summed E-state index contributed by atoms with van der Waals surface area (Å²) in [5, 5.41) is 3.24. The van der Waals surface area contributed by atoms with Crippen LogP contribution in [0.3, 0.4) is 0 Å². The third-order valence-corrected chi connectivity index (χ3v) is 6.48. The Morgan fingerprint density at radius 2 is 1.68 bits per heavy atom. The van der Waals surface area contributed by atoms with Crippen LogP contribution in [0.15, 0.2) is 71.6 Å². The Morgan fingerprint density at radius 1 is 1.00 bits per heavy atom. The first-order valence-corrected chi connectivity index (χ1v) is 11.2. The van der Waals surface area contributed by atoms with Crippen molar-refractivity contribution in [3.8, 4) is 0 Å². The SMILES string of the molecule is Cc1c(Cl)cccc1NS(=O)(=O)c1ccc(NC(=O)c2cccc(I)c2)cc1. The molecule has 0 radical (unpaired) electrons. The Balaban J connectivity index is 1.76. The number of benzene rings is 3. The van der Waals surface area contributed by atoms with Crippen LogP contribution < -0.4 is 10.0 Å². The molecule has 0 aliphatic carbocycles. The lowest BCUT2D eigenvalue weighted by Crippen LogP contribution is -2.15. The lowest BCUT2D eigenvalue weighted by molar-refractivity contribution is 0.102. The van der Waals surface area contributed by atoms with E-state index in [-0.39, 0.29) is 10.8 Å². The monoisotopic (exact) mass is 526 g/mol. The van der Waals surface area contributed by atoms with Gasteiger partial charge in [0.15, 0.2) is 0 Å². The highest BCUT2D eigenvalue weighted by Gasteiger charge is 2.16. The lowest BCUT2D eigenvalue weighted by atomic mass is 10.2. The molecule has 2 N–H and O–H groups in total. The molecule has 8 heteroatoms. The molecule has 0 aliphatic rings. The number of amides is 1. The minimum atomic E-state index is -3.78. The topological polar surface area (TPSA) is 75.3 Å². The number of sulfonamides is 1. The van der Waals surface area contributed by atoms with Crippen molar-refractivity contribution in [2.24, 2.45) is 0 Å². The minimum absolute atomic E-state index is 0.0825. The van der Waals surface area contributed by atoms with Crippen molar-refractivity contribution in [2.45, 2.75) is 11.8 Å². The number of hydrogen-bond acceptors (Lipinski definition) is 3. The fraction of sp³-hybridized carbons (Fsp3) is 0.0500. The van der Waals surface area contributed by atoms with E-state index >= 15 is 0 Å². The smallest absolute Gasteiger partial charge is 0.261 e. The number of anilines is 2. The molecule has 0 saturated heterocycles. The number of halogens is 2. The fourth-order valence-electron chi connectivity index (χ4n) is 2.47. The summed E-state index contributed by atoms with van der Waals surface area (Å²) in [6, 6.07) is 18.2. The van der Waals surface area contributed by atoms with E-state index in [4.69, 9.17) is 11.6 Å². The molecule has 0 bridgehead atoms. The van der Waals surface area contributed by atoms with Gasteiger partial charge in [-0.25, -0.2) is 8.42 Å². The maximum Gasteiger partial charge on any atom is 0.261 e. The number of hydrogen-bond donors (Lipinski definition) is 2. The Kier molecular flexibility index (Phi) is 6.26. The van der Waals surface area contributed by atoms with E-state index in [0.29, 0.717) is 27.5 Å². The van der Waals surface area contributed by atoms with Crippen molar-refractivity contribution in [2.75, 3.05) is 10.0 Å². The van der Waals surface area contributed by atoms with Gasteiger partial charge in [0.1, 0.15) is 0 Å². The van der Waals surface area contributed by atoms with Crippen LogP contribution in [0.2, 0.25) is 5.02 Å². The van der Waals surface area contributed by atoms with Crippen molar-refractivity contribution in [1.29, 1.82) is 0 Å². The Bertz CT molecular complexity index is 1130. The Hall–Kier alpha value is -2.10. The van der Waals surface area contributed by atoms with Crippen LogP contribution in [0, 0.1) is 10.5 Å². The molecule has 1 amide bonds. The highest BCUT2D eigenvalue weighted by Crippen LogP contribution is 2.26. The standard InChI is InChI=1S/C20H16ClIN2O3S/c1-13-18(21)6-3-7-19(13)24-28(26,27)17-10-8-16(9-11-17)23-20(25)14-4-2-5-15(22)12-14/h2-12,24H,1H3,(H,23,25). The largest absolute Gasteiger partial charge is 0.322 e. The van der Waals surface area contributed by atoms with Gasteiger partial charge in [0.2, 0.25) is 0 Å². The van der Waals surface area contributed by atoms with Crippen molar-refractivity contribution in [1.82, 2.24) is 0 Å². The van der Waals surface area contributed by atoms with Crippen molar-refractivity contribution >= 4 is 61.5 Å². The minimum Gasteiger partial charge on any atom is -0.322 e. The van der Waals surface area contributed by atoms with E-state index < -0.39 is 10.0 Å². The van der Waals surface area contributed by atoms with Gasteiger partial charge in [-0.1, -0.05) is 23.7 Å². The predicted octanol–water partition coefficient (Wildman–Crippen LogP) is 5.31. The van der Waals surface area contributed by atoms with Crippen LogP contribution in [0.25, 0.3) is 0 Å². The molecular weight excluding hydrogens is 511 g/mol. The Labute approximate surface area is 182 Å². The molecule has 3 aromatic carbocycles. The molecule has 3 aromatic rings. The quantitative estimate of drug-likeness (QED) is 0.443. The average molecular weight is 527 g/mol. The van der Waals surface area contributed by atoms with Gasteiger partial charge in [-0.2, -0.15) is 0 Å². The summed E-state index contributed by atoms with van der Waals surface area (Å²) >= 11 is 8.18. The van der Waals surface area contributed by atoms with Crippen LogP contribution in [-0.4, -0.2) is 14.3 Å². The zero-order chi connectivity index (χ0) is 20.3. The lowest BCUT2D eigenvalue weighted by Gasteiger charge is -2.12. The van der Waals surface area contributed by atoms with Gasteiger partial charge in [-0.15, -0.1) is 0 Å². The van der Waals surface area contributed by atoms with E-state index in [1.54, 1.807) is 55.5 Å². The van der Waals surface area contributed by atoms with Gasteiger partial charge >= 0.3 is 0 Å². The van der Waals surface area contributed by atoms with E-state index in [1.165, 1.54) is 12.1 Å². The molecule has 144 valence electrons. The predicted molar refractivity (Wildman–Crippen MR) is 121 cm³/mol. The first kappa shape index (κ1) is 20.6. The second-order valence-corrected chi connectivity index (χ2v) is 9.34. The molecule has 3 rings (SSSR count). The van der Waals surface area contributed by atoms with Gasteiger partial charge in [0.05, 0.1) is 10.6 Å². The third-order valence-electron chi connectivity index (χ3n) is 4.02. The average Bonchev–Trinajstić information content (AvgIpc) is 2.66. The number of carbonyl (C=O) groups is 1. The summed E-state index contributed by atoms with van der Waals surface area (Å²) in [5.41, 5.74) is 2.10. The van der Waals surface area contributed by atoms with Crippen LogP contribution >= 0.6 is 34.2 Å². The van der Waals surface area contributed by atoms with Crippen LogP contribution in [0.5, 0.6) is 0 Å². The van der Waals surface area contributed by atoms with Gasteiger partial charge in [0.25, 0.3) is 15.9 Å². The molecule has 0 heterocycles. The van der Waals surface area contributed by atoms with E-state index in [9.17, 15) is 13.2 Å². The Morgan fingerprint density at radius 3 is 2.36 bits per heavy atom. The summed E-state index contributed by atoms with van der Waals surface area (Å²) in [5.74, 6) is -0.262. The number of nitrogens with one attached hydrogen (secondary N) is 2. The molecule has 0 fully saturated rings. The first-order valence-electron chi connectivity index (χ1n) is 8.21. The second-order valence-electron chi connectivity index (χ2n) is 6.01. The van der Waals surface area contributed by atoms with Crippen LogP contribution in [0.1, 0.15) is 15.9 Å². The zero-order valence-corrected chi connectivity index (χ0v) is 18.5. The fourth-order valence-corrected chi connectivity index (χ4v) is 4.31. The molecule has 0 aromatic heterocycles. The van der Waals surface area contributed by atoms with E-state index in [0.717, 1.165) is 3.57 Å². The third kappa shape index (κ3) is 4.84. The summed E-state index contributed by atoms with van der Waals surface area (Å²) < 4.78 is 28.7. The van der Waals surface area contributed by atoms with Gasteiger partial charge in [-0.05, 0) is 89.7 Å². The molecule has 0 atom stereocenters. The van der Waals surface area contributed by atoms with Gasteiger partial charge in [0, 0.05) is 19.8 Å². The van der Waals surface area contributed by atoms with Crippen molar-refractivity contribution in [3.63, 3.8) is 0 Å². The van der Waals surface area contributed by atoms with Gasteiger partial charge < -0.3 is 5.32 Å². The maximum atomic E-state index is 12.6. The number of rotatable bonds is 5. The maximum absolute atomic E-state index is 12.6. The molecular formula is C20H16ClIN2O3S.